The molecule has 1 amide bonds. The zero-order valence-corrected chi connectivity index (χ0v) is 18.2. The number of carbonyl (C=O) groups is 1. The molecule has 7 heteroatoms. The molecule has 0 spiro atoms. The molecular formula is C22H35FN4O2. The Labute approximate surface area is 174 Å². The Kier molecular flexibility index (Phi) is 8.89. The molecule has 1 aromatic carbocycles. The average Bonchev–Trinajstić information content (AvgIpc) is 2.73. The summed E-state index contributed by atoms with van der Waals surface area (Å²) in [4.78, 5) is 21.1. The maximum Gasteiger partial charge on any atom is 0.242 e. The molecule has 0 aliphatic carbocycles. The van der Waals surface area contributed by atoms with Crippen molar-refractivity contribution in [2.75, 3.05) is 53.0 Å². The molecule has 29 heavy (non-hydrogen) atoms. The van der Waals surface area contributed by atoms with Crippen molar-refractivity contribution in [3.8, 4) is 0 Å². The van der Waals surface area contributed by atoms with E-state index in [1.54, 1.807) is 0 Å². The maximum absolute atomic E-state index is 13.4. The SMILES string of the molecule is CCNC(=NCC1(c2ccc(F)cc2)CCOCC1)N(C)CC(=O)N(CC)CC. The lowest BCUT2D eigenvalue weighted by atomic mass is 9.74. The number of halogens is 1. The Morgan fingerprint density at radius 2 is 1.79 bits per heavy atom. The van der Waals surface area contributed by atoms with Crippen LogP contribution >= 0.6 is 0 Å². The molecule has 1 saturated heterocycles. The summed E-state index contributed by atoms with van der Waals surface area (Å²) in [5, 5.41) is 3.29. The number of rotatable bonds is 8. The van der Waals surface area contributed by atoms with Gasteiger partial charge in [-0.2, -0.15) is 0 Å². The smallest absolute Gasteiger partial charge is 0.242 e. The second-order valence-electron chi connectivity index (χ2n) is 7.49. The van der Waals surface area contributed by atoms with Gasteiger partial charge in [-0.05, 0) is 51.3 Å². The normalized spacial score (nSPS) is 16.4. The van der Waals surface area contributed by atoms with E-state index in [0.717, 1.165) is 24.9 Å². The predicted octanol–water partition coefficient (Wildman–Crippen LogP) is 2.64. The molecule has 1 aromatic rings. The molecule has 1 aliphatic rings. The molecule has 1 heterocycles. The molecule has 1 fully saturated rings. The predicted molar refractivity (Wildman–Crippen MR) is 115 cm³/mol. The maximum atomic E-state index is 13.4. The summed E-state index contributed by atoms with van der Waals surface area (Å²) in [7, 11) is 1.89. The van der Waals surface area contributed by atoms with Crippen LogP contribution in [0.4, 0.5) is 4.39 Å². The number of nitrogens with one attached hydrogen (secondary N) is 1. The lowest BCUT2D eigenvalue weighted by Gasteiger charge is -2.37. The molecule has 2 rings (SSSR count). The molecule has 162 valence electrons. The number of benzene rings is 1. The summed E-state index contributed by atoms with van der Waals surface area (Å²) in [6.45, 7) is 10.3. The van der Waals surface area contributed by atoms with Crippen LogP contribution in [0.25, 0.3) is 0 Å². The largest absolute Gasteiger partial charge is 0.381 e. The fraction of sp³-hybridized carbons (Fsp3) is 0.636. The standard InChI is InChI=1S/C22H35FN4O2/c1-5-24-21(26(4)16-20(28)27(6-2)7-3)25-17-22(12-14-29-15-13-22)18-8-10-19(23)11-9-18/h8-11H,5-7,12-17H2,1-4H3,(H,24,25). The van der Waals surface area contributed by atoms with Crippen molar-refractivity contribution in [1.82, 2.24) is 15.1 Å². The van der Waals surface area contributed by atoms with Gasteiger partial charge in [0, 0.05) is 45.3 Å². The van der Waals surface area contributed by atoms with Crippen molar-refractivity contribution in [3.63, 3.8) is 0 Å². The highest BCUT2D eigenvalue weighted by atomic mass is 19.1. The summed E-state index contributed by atoms with van der Waals surface area (Å²) in [6.07, 6.45) is 1.67. The van der Waals surface area contributed by atoms with Gasteiger partial charge in [-0.3, -0.25) is 9.79 Å². The molecule has 6 nitrogen and oxygen atoms in total. The van der Waals surface area contributed by atoms with E-state index in [9.17, 15) is 9.18 Å². The van der Waals surface area contributed by atoms with Gasteiger partial charge in [-0.1, -0.05) is 12.1 Å². The lowest BCUT2D eigenvalue weighted by molar-refractivity contribution is -0.131. The van der Waals surface area contributed by atoms with Gasteiger partial charge < -0.3 is 19.9 Å². The Balaban J connectivity index is 2.20. The molecule has 0 bridgehead atoms. The molecule has 0 atom stereocenters. The first kappa shape index (κ1) is 23.1. The van der Waals surface area contributed by atoms with Crippen LogP contribution in [0.1, 0.15) is 39.2 Å². The van der Waals surface area contributed by atoms with E-state index < -0.39 is 0 Å². The van der Waals surface area contributed by atoms with Gasteiger partial charge in [0.1, 0.15) is 5.82 Å². The number of amides is 1. The zero-order chi connectivity index (χ0) is 21.3. The summed E-state index contributed by atoms with van der Waals surface area (Å²) in [5.41, 5.74) is 0.903. The van der Waals surface area contributed by atoms with Crippen molar-refractivity contribution >= 4 is 11.9 Å². The summed E-state index contributed by atoms with van der Waals surface area (Å²) >= 11 is 0. The molecule has 0 saturated carbocycles. The quantitative estimate of drug-likeness (QED) is 0.533. The Morgan fingerprint density at radius 3 is 2.34 bits per heavy atom. The second-order valence-corrected chi connectivity index (χ2v) is 7.49. The second kappa shape index (κ2) is 11.1. The number of aliphatic imine (C=N–C) groups is 1. The lowest BCUT2D eigenvalue weighted by Crippen LogP contribution is -2.46. The van der Waals surface area contributed by atoms with E-state index in [-0.39, 0.29) is 23.7 Å². The van der Waals surface area contributed by atoms with Crippen LogP contribution in [0.3, 0.4) is 0 Å². The van der Waals surface area contributed by atoms with Gasteiger partial charge in [-0.25, -0.2) is 4.39 Å². The van der Waals surface area contributed by atoms with Crippen molar-refractivity contribution in [3.05, 3.63) is 35.6 Å². The number of nitrogens with zero attached hydrogens (tertiary/aromatic N) is 3. The number of likely N-dealkylation sites (N-methyl/N-ethyl adjacent to an activating group) is 2. The van der Waals surface area contributed by atoms with Gasteiger partial charge in [0.25, 0.3) is 0 Å². The number of hydrogen-bond donors (Lipinski definition) is 1. The molecule has 1 N–H and O–H groups in total. The molecule has 0 aromatic heterocycles. The van der Waals surface area contributed by atoms with Gasteiger partial charge >= 0.3 is 0 Å². The number of carbonyl (C=O) groups excluding carboxylic acids is 1. The first-order valence-corrected chi connectivity index (χ1v) is 10.6. The van der Waals surface area contributed by atoms with Crippen LogP contribution in [0, 0.1) is 5.82 Å². The highest BCUT2D eigenvalue weighted by Crippen LogP contribution is 2.35. The summed E-state index contributed by atoms with van der Waals surface area (Å²) in [6, 6.07) is 6.74. The van der Waals surface area contributed by atoms with Gasteiger partial charge in [0.05, 0.1) is 13.1 Å². The highest BCUT2D eigenvalue weighted by molar-refractivity contribution is 5.86. The van der Waals surface area contributed by atoms with Crippen molar-refractivity contribution in [1.29, 1.82) is 0 Å². The first-order chi connectivity index (χ1) is 14.0. The van der Waals surface area contributed by atoms with E-state index in [0.29, 0.717) is 38.8 Å². The van der Waals surface area contributed by atoms with Crippen LogP contribution < -0.4 is 5.32 Å². The van der Waals surface area contributed by atoms with E-state index in [1.165, 1.54) is 12.1 Å². The average molecular weight is 407 g/mol. The third kappa shape index (κ3) is 6.16. The van der Waals surface area contributed by atoms with Crippen molar-refractivity contribution < 1.29 is 13.9 Å². The third-order valence-corrected chi connectivity index (χ3v) is 5.62. The van der Waals surface area contributed by atoms with Crippen molar-refractivity contribution in [2.45, 2.75) is 39.0 Å². The van der Waals surface area contributed by atoms with E-state index in [4.69, 9.17) is 9.73 Å². The Morgan fingerprint density at radius 1 is 1.17 bits per heavy atom. The third-order valence-electron chi connectivity index (χ3n) is 5.62. The zero-order valence-electron chi connectivity index (χ0n) is 18.2. The van der Waals surface area contributed by atoms with Crippen LogP contribution in [0.2, 0.25) is 0 Å². The van der Waals surface area contributed by atoms with Crippen LogP contribution in [0.5, 0.6) is 0 Å². The number of ether oxygens (including phenoxy) is 1. The number of hydrogen-bond acceptors (Lipinski definition) is 3. The Bertz CT molecular complexity index is 668. The van der Waals surface area contributed by atoms with E-state index >= 15 is 0 Å². The monoisotopic (exact) mass is 406 g/mol. The van der Waals surface area contributed by atoms with Gasteiger partial charge in [0.15, 0.2) is 5.96 Å². The Hall–Kier alpha value is -2.15. The summed E-state index contributed by atoms with van der Waals surface area (Å²) < 4.78 is 19.0. The molecule has 0 unspecified atom stereocenters. The fourth-order valence-electron chi connectivity index (χ4n) is 3.75. The molecule has 1 aliphatic heterocycles. The minimum Gasteiger partial charge on any atom is -0.381 e. The van der Waals surface area contributed by atoms with E-state index in [1.807, 2.05) is 49.8 Å². The fourth-order valence-corrected chi connectivity index (χ4v) is 3.75. The van der Waals surface area contributed by atoms with E-state index in [2.05, 4.69) is 5.32 Å². The van der Waals surface area contributed by atoms with Crippen LogP contribution in [-0.4, -0.2) is 74.7 Å². The van der Waals surface area contributed by atoms with Gasteiger partial charge in [0.2, 0.25) is 5.91 Å². The van der Waals surface area contributed by atoms with Crippen molar-refractivity contribution in [2.24, 2.45) is 4.99 Å². The number of guanidine groups is 1. The minimum atomic E-state index is -0.234. The first-order valence-electron chi connectivity index (χ1n) is 10.6. The topological polar surface area (TPSA) is 57.2 Å². The molecular weight excluding hydrogens is 371 g/mol. The summed E-state index contributed by atoms with van der Waals surface area (Å²) in [5.74, 6) is 0.561. The highest BCUT2D eigenvalue weighted by Gasteiger charge is 2.34. The van der Waals surface area contributed by atoms with Gasteiger partial charge in [-0.15, -0.1) is 0 Å². The van der Waals surface area contributed by atoms with Crippen LogP contribution in [-0.2, 0) is 14.9 Å². The molecule has 0 radical (unpaired) electrons. The minimum absolute atomic E-state index is 0.0856. The van der Waals surface area contributed by atoms with Crippen LogP contribution in [0.15, 0.2) is 29.3 Å².